The maximum Gasteiger partial charge on any atom is 0.414 e. The SMILES string of the molecule is CC(C)[C@H](C(=O)O)N(CC=O)N(C[C@@H]1CN(c2ccc(N3CCOCC3=O)cc2F)C(=O)O1)C(=O)c1ccc(Cl)s1. The first-order valence-electron chi connectivity index (χ1n) is 12.7. The van der Waals surface area contributed by atoms with Gasteiger partial charge >= 0.3 is 12.1 Å². The summed E-state index contributed by atoms with van der Waals surface area (Å²) in [4.78, 5) is 64.9. The number of carbonyl (C=O) groups excluding carboxylic acids is 4. The summed E-state index contributed by atoms with van der Waals surface area (Å²) < 4.78 is 26.1. The van der Waals surface area contributed by atoms with Crippen LogP contribution in [0.15, 0.2) is 30.3 Å². The summed E-state index contributed by atoms with van der Waals surface area (Å²) in [5.74, 6) is -3.50. The summed E-state index contributed by atoms with van der Waals surface area (Å²) in [6.07, 6.45) is -1.41. The molecule has 220 valence electrons. The predicted molar refractivity (Wildman–Crippen MR) is 147 cm³/mol. The first-order valence-corrected chi connectivity index (χ1v) is 13.9. The Balaban J connectivity index is 1.60. The van der Waals surface area contributed by atoms with E-state index in [9.17, 15) is 29.1 Å². The van der Waals surface area contributed by atoms with Gasteiger partial charge in [0.1, 0.15) is 30.9 Å². The molecule has 4 rings (SSSR count). The van der Waals surface area contributed by atoms with Crippen molar-refractivity contribution in [3.63, 3.8) is 0 Å². The molecule has 0 saturated carbocycles. The third kappa shape index (κ3) is 6.67. The molecule has 0 bridgehead atoms. The van der Waals surface area contributed by atoms with E-state index in [1.807, 2.05) is 0 Å². The lowest BCUT2D eigenvalue weighted by Gasteiger charge is -2.39. The fourth-order valence-electron chi connectivity index (χ4n) is 4.74. The Kier molecular flexibility index (Phi) is 9.58. The first kappa shape index (κ1) is 30.4. The molecule has 0 unspecified atom stereocenters. The zero-order valence-electron chi connectivity index (χ0n) is 22.2. The standard InChI is InChI=1S/C26H28ClFN4O8S/c1-15(2)23(25(36)37)31(7-9-33)32(24(35)20-5-6-21(27)41-20)13-17-12-30(26(38)40-17)19-4-3-16(11-18(19)28)29-8-10-39-14-22(29)34/h3-6,9,11,15,17,23H,7-8,10,12-14H2,1-2H3,(H,36,37)/t17-,23+/m0/s1. The van der Waals surface area contributed by atoms with Gasteiger partial charge in [0.15, 0.2) is 0 Å². The number of nitrogens with zero attached hydrogens (tertiary/aromatic N) is 4. The fourth-order valence-corrected chi connectivity index (χ4v) is 5.72. The van der Waals surface area contributed by atoms with E-state index < -0.39 is 48.4 Å². The van der Waals surface area contributed by atoms with Crippen molar-refractivity contribution in [2.45, 2.75) is 26.0 Å². The van der Waals surface area contributed by atoms with Crippen molar-refractivity contribution < 1.29 is 42.9 Å². The number of aliphatic carboxylic acids is 1. The summed E-state index contributed by atoms with van der Waals surface area (Å²) in [7, 11) is 0. The zero-order chi connectivity index (χ0) is 29.8. The summed E-state index contributed by atoms with van der Waals surface area (Å²) in [6, 6.07) is 5.71. The highest BCUT2D eigenvalue weighted by molar-refractivity contribution is 7.17. The molecule has 0 radical (unpaired) electrons. The van der Waals surface area contributed by atoms with E-state index in [-0.39, 0.29) is 42.7 Å². The van der Waals surface area contributed by atoms with Crippen molar-refractivity contribution in [2.24, 2.45) is 5.92 Å². The van der Waals surface area contributed by atoms with Gasteiger partial charge in [0, 0.05) is 12.2 Å². The van der Waals surface area contributed by atoms with Crippen molar-refractivity contribution >= 4 is 64.5 Å². The maximum absolute atomic E-state index is 15.2. The molecule has 0 spiro atoms. The lowest BCUT2D eigenvalue weighted by atomic mass is 10.0. The monoisotopic (exact) mass is 610 g/mol. The lowest BCUT2D eigenvalue weighted by molar-refractivity contribution is -0.155. The molecule has 1 N–H and O–H groups in total. The van der Waals surface area contributed by atoms with Gasteiger partial charge in [-0.15, -0.1) is 11.3 Å². The van der Waals surface area contributed by atoms with E-state index in [4.69, 9.17) is 21.1 Å². The predicted octanol–water partition coefficient (Wildman–Crippen LogP) is 2.90. The Morgan fingerprint density at radius 3 is 2.59 bits per heavy atom. The van der Waals surface area contributed by atoms with Crippen LogP contribution in [0.5, 0.6) is 0 Å². The number of hydrogen-bond donors (Lipinski definition) is 1. The van der Waals surface area contributed by atoms with Gasteiger partial charge < -0.3 is 24.3 Å². The Morgan fingerprint density at radius 2 is 2.00 bits per heavy atom. The number of cyclic esters (lactones) is 1. The molecule has 15 heteroatoms. The smallest absolute Gasteiger partial charge is 0.414 e. The molecule has 2 aliphatic rings. The second-order valence-electron chi connectivity index (χ2n) is 9.66. The number of carbonyl (C=O) groups is 5. The molecule has 2 saturated heterocycles. The molecule has 2 aliphatic heterocycles. The minimum absolute atomic E-state index is 0.0970. The fraction of sp³-hybridized carbons (Fsp3) is 0.423. The molecule has 3 heterocycles. The van der Waals surface area contributed by atoms with Gasteiger partial charge in [0.05, 0.1) is 41.1 Å². The van der Waals surface area contributed by atoms with Crippen LogP contribution in [-0.4, -0.2) is 96.8 Å². The molecule has 12 nitrogen and oxygen atoms in total. The van der Waals surface area contributed by atoms with Crippen LogP contribution in [0.2, 0.25) is 4.34 Å². The van der Waals surface area contributed by atoms with Gasteiger partial charge in [-0.2, -0.15) is 5.01 Å². The second-order valence-corrected chi connectivity index (χ2v) is 11.4. The molecular weight excluding hydrogens is 583 g/mol. The Morgan fingerprint density at radius 1 is 1.24 bits per heavy atom. The van der Waals surface area contributed by atoms with Gasteiger partial charge in [-0.1, -0.05) is 25.4 Å². The molecule has 41 heavy (non-hydrogen) atoms. The van der Waals surface area contributed by atoms with Crippen LogP contribution >= 0.6 is 22.9 Å². The van der Waals surface area contributed by atoms with E-state index in [0.29, 0.717) is 22.9 Å². The van der Waals surface area contributed by atoms with Crippen molar-refractivity contribution in [1.82, 2.24) is 10.0 Å². The minimum Gasteiger partial charge on any atom is -0.480 e. The topological polar surface area (TPSA) is 137 Å². The van der Waals surface area contributed by atoms with Gasteiger partial charge in [0.25, 0.3) is 11.8 Å². The van der Waals surface area contributed by atoms with E-state index in [0.717, 1.165) is 32.3 Å². The number of ether oxygens (including phenoxy) is 2. The summed E-state index contributed by atoms with van der Waals surface area (Å²) in [5.41, 5.74) is 0.216. The molecule has 2 aromatic rings. The van der Waals surface area contributed by atoms with E-state index in [2.05, 4.69) is 0 Å². The van der Waals surface area contributed by atoms with Crippen LogP contribution in [0.1, 0.15) is 23.5 Å². The molecule has 1 aromatic carbocycles. The number of carboxylic acids is 1. The maximum atomic E-state index is 15.2. The van der Waals surface area contributed by atoms with E-state index in [1.54, 1.807) is 13.8 Å². The van der Waals surface area contributed by atoms with E-state index in [1.165, 1.54) is 29.2 Å². The number of halogens is 2. The van der Waals surface area contributed by atoms with Gasteiger partial charge in [0.2, 0.25) is 0 Å². The van der Waals surface area contributed by atoms with E-state index >= 15 is 4.39 Å². The zero-order valence-corrected chi connectivity index (χ0v) is 23.8. The number of thiophene rings is 1. The van der Waals surface area contributed by atoms with Crippen LogP contribution < -0.4 is 9.80 Å². The number of benzene rings is 1. The van der Waals surface area contributed by atoms with Crippen molar-refractivity contribution in [2.75, 3.05) is 49.2 Å². The Bertz CT molecular complexity index is 1340. The summed E-state index contributed by atoms with van der Waals surface area (Å²) >= 11 is 6.99. The first-order chi connectivity index (χ1) is 19.5. The van der Waals surface area contributed by atoms with Gasteiger partial charge in [-0.25, -0.2) is 9.18 Å². The number of amides is 3. The third-order valence-electron chi connectivity index (χ3n) is 6.57. The highest BCUT2D eigenvalue weighted by Crippen LogP contribution is 2.30. The molecule has 3 amide bonds. The highest BCUT2D eigenvalue weighted by atomic mass is 35.5. The van der Waals surface area contributed by atoms with Crippen molar-refractivity contribution in [1.29, 1.82) is 0 Å². The van der Waals surface area contributed by atoms with Crippen LogP contribution in [0.25, 0.3) is 0 Å². The van der Waals surface area contributed by atoms with Crippen molar-refractivity contribution in [3.8, 4) is 0 Å². The Hall–Kier alpha value is -3.59. The number of morpholine rings is 1. The Labute approximate surface area is 243 Å². The molecular formula is C26H28ClFN4O8S. The quantitative estimate of drug-likeness (QED) is 0.301. The average molecular weight is 611 g/mol. The number of aldehydes is 1. The van der Waals surface area contributed by atoms with Crippen LogP contribution in [-0.2, 0) is 23.9 Å². The summed E-state index contributed by atoms with van der Waals surface area (Å²) in [5, 5.41) is 12.1. The number of hydrogen-bond acceptors (Lipinski definition) is 9. The normalized spacial score (nSPS) is 18.1. The number of carboxylic acid groups (broad SMARTS) is 1. The third-order valence-corrected chi connectivity index (χ3v) is 7.79. The largest absolute Gasteiger partial charge is 0.480 e. The van der Waals surface area contributed by atoms with Crippen molar-refractivity contribution in [3.05, 3.63) is 45.4 Å². The van der Waals surface area contributed by atoms with Crippen LogP contribution in [0.4, 0.5) is 20.6 Å². The lowest BCUT2D eigenvalue weighted by Crippen LogP contribution is -2.58. The van der Waals surface area contributed by atoms with Crippen LogP contribution in [0, 0.1) is 11.7 Å². The molecule has 2 fully saturated rings. The molecule has 2 atom stereocenters. The molecule has 1 aromatic heterocycles. The second kappa shape index (κ2) is 12.9. The average Bonchev–Trinajstić information content (AvgIpc) is 3.51. The van der Waals surface area contributed by atoms with Crippen LogP contribution in [0.3, 0.4) is 0 Å². The molecule has 0 aliphatic carbocycles. The summed E-state index contributed by atoms with van der Waals surface area (Å²) in [6.45, 7) is 2.80. The van der Waals surface area contributed by atoms with Gasteiger partial charge in [-0.05, 0) is 36.2 Å². The number of hydrazine groups is 1. The van der Waals surface area contributed by atoms with Gasteiger partial charge in [-0.3, -0.25) is 24.3 Å². The number of anilines is 2. The number of rotatable bonds is 11. The minimum atomic E-state index is -1.26. The highest BCUT2D eigenvalue weighted by Gasteiger charge is 2.41.